The van der Waals surface area contributed by atoms with Crippen molar-refractivity contribution in [2.75, 3.05) is 18.5 Å². The van der Waals surface area contributed by atoms with Crippen LogP contribution in [0.15, 0.2) is 51.8 Å². The van der Waals surface area contributed by atoms with Gasteiger partial charge in [-0.1, -0.05) is 6.07 Å². The molecule has 0 saturated carbocycles. The lowest BCUT2D eigenvalue weighted by atomic mass is 10.1. The quantitative estimate of drug-likeness (QED) is 0.671. The van der Waals surface area contributed by atoms with Gasteiger partial charge in [0.2, 0.25) is 0 Å². The van der Waals surface area contributed by atoms with E-state index in [4.69, 9.17) is 9.15 Å². The Kier molecular flexibility index (Phi) is 5.00. The number of aliphatic hydroxyl groups is 1. The molecule has 2 aromatic heterocycles. The molecular formula is C19H20N2O4. The maximum atomic E-state index is 11.8. The molecule has 3 rings (SSSR count). The highest BCUT2D eigenvalue weighted by Crippen LogP contribution is 2.23. The van der Waals surface area contributed by atoms with Crippen LogP contribution in [0.3, 0.4) is 0 Å². The van der Waals surface area contributed by atoms with Gasteiger partial charge in [0.1, 0.15) is 29.9 Å². The van der Waals surface area contributed by atoms with Gasteiger partial charge in [-0.05, 0) is 43.7 Å². The Morgan fingerprint density at radius 2 is 2.08 bits per heavy atom. The number of anilines is 1. The van der Waals surface area contributed by atoms with Gasteiger partial charge < -0.3 is 19.6 Å². The number of hydrogen-bond acceptors (Lipinski definition) is 6. The summed E-state index contributed by atoms with van der Waals surface area (Å²) in [5.74, 6) is 1.23. The second-order valence-electron chi connectivity index (χ2n) is 5.86. The van der Waals surface area contributed by atoms with E-state index in [-0.39, 0.29) is 12.2 Å². The average Bonchev–Trinajstić information content (AvgIpc) is 2.63. The number of fused-ring (bicyclic) bond motifs is 1. The first kappa shape index (κ1) is 17.0. The van der Waals surface area contributed by atoms with Crippen LogP contribution in [0.25, 0.3) is 11.0 Å². The highest BCUT2D eigenvalue weighted by Gasteiger charge is 2.10. The molecule has 3 aromatic rings. The Labute approximate surface area is 145 Å². The van der Waals surface area contributed by atoms with Gasteiger partial charge in [-0.3, -0.25) is 0 Å². The maximum absolute atomic E-state index is 11.8. The SMILES string of the molecule is Cc1c(C)c2ccc(OC[C@@H](O)CNc3ccccn3)cc2oc1=O. The fraction of sp³-hybridized carbons (Fsp3) is 0.263. The highest BCUT2D eigenvalue weighted by molar-refractivity contribution is 5.82. The third-order valence-corrected chi connectivity index (χ3v) is 4.05. The average molecular weight is 340 g/mol. The van der Waals surface area contributed by atoms with Crippen molar-refractivity contribution in [3.8, 4) is 5.75 Å². The summed E-state index contributed by atoms with van der Waals surface area (Å²) >= 11 is 0. The van der Waals surface area contributed by atoms with E-state index >= 15 is 0 Å². The molecule has 0 bridgehead atoms. The second-order valence-corrected chi connectivity index (χ2v) is 5.86. The van der Waals surface area contributed by atoms with Crippen LogP contribution in [0, 0.1) is 13.8 Å². The van der Waals surface area contributed by atoms with Crippen LogP contribution in [0.4, 0.5) is 5.82 Å². The first-order chi connectivity index (χ1) is 12.0. The lowest BCUT2D eigenvalue weighted by Gasteiger charge is -2.14. The molecule has 25 heavy (non-hydrogen) atoms. The predicted octanol–water partition coefficient (Wildman–Crippen LogP) is 2.66. The number of benzene rings is 1. The molecule has 6 heteroatoms. The van der Waals surface area contributed by atoms with E-state index in [0.29, 0.717) is 29.3 Å². The van der Waals surface area contributed by atoms with Crippen molar-refractivity contribution in [2.45, 2.75) is 20.0 Å². The van der Waals surface area contributed by atoms with Gasteiger partial charge in [0, 0.05) is 29.8 Å². The summed E-state index contributed by atoms with van der Waals surface area (Å²) in [4.78, 5) is 15.9. The fourth-order valence-electron chi connectivity index (χ4n) is 2.46. The molecule has 2 heterocycles. The van der Waals surface area contributed by atoms with Crippen LogP contribution in [-0.4, -0.2) is 29.3 Å². The van der Waals surface area contributed by atoms with Crippen molar-refractivity contribution in [2.24, 2.45) is 0 Å². The van der Waals surface area contributed by atoms with E-state index in [1.807, 2.05) is 31.2 Å². The van der Waals surface area contributed by atoms with E-state index in [1.165, 1.54) is 0 Å². The zero-order valence-corrected chi connectivity index (χ0v) is 14.2. The van der Waals surface area contributed by atoms with E-state index in [2.05, 4.69) is 10.3 Å². The van der Waals surface area contributed by atoms with Crippen LogP contribution in [0.5, 0.6) is 5.75 Å². The maximum Gasteiger partial charge on any atom is 0.339 e. The topological polar surface area (TPSA) is 84.6 Å². The van der Waals surface area contributed by atoms with Crippen molar-refractivity contribution < 1.29 is 14.3 Å². The van der Waals surface area contributed by atoms with E-state index in [0.717, 1.165) is 10.9 Å². The number of rotatable bonds is 6. The summed E-state index contributed by atoms with van der Waals surface area (Å²) in [6, 6.07) is 10.8. The summed E-state index contributed by atoms with van der Waals surface area (Å²) < 4.78 is 10.9. The molecule has 0 aliphatic carbocycles. The summed E-state index contributed by atoms with van der Waals surface area (Å²) in [7, 11) is 0. The van der Waals surface area contributed by atoms with Crippen LogP contribution < -0.4 is 15.7 Å². The molecule has 6 nitrogen and oxygen atoms in total. The molecule has 0 spiro atoms. The largest absolute Gasteiger partial charge is 0.491 e. The molecular weight excluding hydrogens is 320 g/mol. The molecule has 0 fully saturated rings. The zero-order valence-electron chi connectivity index (χ0n) is 14.2. The van der Waals surface area contributed by atoms with Crippen molar-refractivity contribution >= 4 is 16.8 Å². The number of aryl methyl sites for hydroxylation is 1. The molecule has 0 amide bonds. The third-order valence-electron chi connectivity index (χ3n) is 4.05. The highest BCUT2D eigenvalue weighted by atomic mass is 16.5. The number of aliphatic hydroxyl groups excluding tert-OH is 1. The van der Waals surface area contributed by atoms with Gasteiger partial charge in [0.15, 0.2) is 0 Å². The lowest BCUT2D eigenvalue weighted by molar-refractivity contribution is 0.117. The van der Waals surface area contributed by atoms with Gasteiger partial charge in [0.05, 0.1) is 0 Å². The van der Waals surface area contributed by atoms with Gasteiger partial charge in [-0.25, -0.2) is 9.78 Å². The van der Waals surface area contributed by atoms with Crippen molar-refractivity contribution in [1.82, 2.24) is 4.98 Å². The number of pyridine rings is 1. The standard InChI is InChI=1S/C19H20N2O4/c1-12-13(2)19(23)25-17-9-15(6-7-16(12)17)24-11-14(22)10-21-18-5-3-4-8-20-18/h3-9,14,22H,10-11H2,1-2H3,(H,20,21)/t14-/m0/s1. The molecule has 0 radical (unpaired) electrons. The molecule has 1 atom stereocenters. The molecule has 0 aliphatic rings. The number of ether oxygens (including phenoxy) is 1. The van der Waals surface area contributed by atoms with Gasteiger partial charge in [0.25, 0.3) is 0 Å². The summed E-state index contributed by atoms with van der Waals surface area (Å²) in [5, 5.41) is 13.9. The molecule has 0 aliphatic heterocycles. The summed E-state index contributed by atoms with van der Waals surface area (Å²) in [5.41, 5.74) is 1.64. The van der Waals surface area contributed by atoms with E-state index in [9.17, 15) is 9.90 Å². The number of aromatic nitrogens is 1. The monoisotopic (exact) mass is 340 g/mol. The van der Waals surface area contributed by atoms with E-state index < -0.39 is 6.10 Å². The predicted molar refractivity (Wildman–Crippen MR) is 96.2 cm³/mol. The fourth-order valence-corrected chi connectivity index (χ4v) is 2.46. The minimum Gasteiger partial charge on any atom is -0.491 e. The lowest BCUT2D eigenvalue weighted by Crippen LogP contribution is -2.26. The van der Waals surface area contributed by atoms with Gasteiger partial charge >= 0.3 is 5.63 Å². The first-order valence-corrected chi connectivity index (χ1v) is 8.04. The summed E-state index contributed by atoms with van der Waals surface area (Å²) in [6.07, 6.45) is 0.974. The third kappa shape index (κ3) is 3.97. The molecule has 0 saturated heterocycles. The normalized spacial score (nSPS) is 12.1. The second kappa shape index (κ2) is 7.36. The van der Waals surface area contributed by atoms with Gasteiger partial charge in [-0.15, -0.1) is 0 Å². The molecule has 130 valence electrons. The Hall–Kier alpha value is -2.86. The molecule has 1 aromatic carbocycles. The molecule has 0 unspecified atom stereocenters. The van der Waals surface area contributed by atoms with E-state index in [1.54, 1.807) is 25.3 Å². The van der Waals surface area contributed by atoms with Crippen LogP contribution >= 0.6 is 0 Å². The van der Waals surface area contributed by atoms with Crippen molar-refractivity contribution in [1.29, 1.82) is 0 Å². The van der Waals surface area contributed by atoms with Crippen LogP contribution in [-0.2, 0) is 0 Å². The Morgan fingerprint density at radius 1 is 1.24 bits per heavy atom. The molecule has 2 N–H and O–H groups in total. The number of hydrogen-bond donors (Lipinski definition) is 2. The minimum atomic E-state index is -0.704. The Bertz CT molecular complexity index is 922. The summed E-state index contributed by atoms with van der Waals surface area (Å²) in [6.45, 7) is 4.07. The van der Waals surface area contributed by atoms with Crippen molar-refractivity contribution in [3.63, 3.8) is 0 Å². The number of nitrogens with zero attached hydrogens (tertiary/aromatic N) is 1. The Balaban J connectivity index is 1.63. The zero-order chi connectivity index (χ0) is 17.8. The van der Waals surface area contributed by atoms with Gasteiger partial charge in [-0.2, -0.15) is 0 Å². The first-order valence-electron chi connectivity index (χ1n) is 8.04. The van der Waals surface area contributed by atoms with Crippen LogP contribution in [0.2, 0.25) is 0 Å². The smallest absolute Gasteiger partial charge is 0.339 e. The Morgan fingerprint density at radius 3 is 2.84 bits per heavy atom. The number of nitrogens with one attached hydrogen (secondary N) is 1. The van der Waals surface area contributed by atoms with Crippen molar-refractivity contribution in [3.05, 3.63) is 64.1 Å². The minimum absolute atomic E-state index is 0.112. The van der Waals surface area contributed by atoms with Crippen LogP contribution in [0.1, 0.15) is 11.1 Å².